The molecule has 0 spiro atoms. The zero-order valence-electron chi connectivity index (χ0n) is 42.0. The Balaban J connectivity index is 4.47. The maximum Gasteiger partial charge on any atom is 0.306 e. The molecule has 0 heterocycles. The summed E-state index contributed by atoms with van der Waals surface area (Å²) in [6, 6.07) is 0. The number of rotatable bonds is 48. The first-order valence-electron chi connectivity index (χ1n) is 27.0. The van der Waals surface area contributed by atoms with Gasteiger partial charge in [0, 0.05) is 19.3 Å². The van der Waals surface area contributed by atoms with Gasteiger partial charge in [0.15, 0.2) is 6.10 Å². The van der Waals surface area contributed by atoms with Gasteiger partial charge >= 0.3 is 17.9 Å². The second-order valence-electron chi connectivity index (χ2n) is 17.9. The molecule has 6 heteroatoms. The van der Waals surface area contributed by atoms with Gasteiger partial charge in [-0.1, -0.05) is 248 Å². The Bertz CT molecular complexity index is 1210. The molecule has 368 valence electrons. The predicted octanol–water partition coefficient (Wildman–Crippen LogP) is 17.8. The van der Waals surface area contributed by atoms with E-state index in [0.717, 1.165) is 77.0 Å². The number of unbranched alkanes of at least 4 members (excludes halogenated alkanes) is 28. The van der Waals surface area contributed by atoms with Crippen molar-refractivity contribution in [1.29, 1.82) is 0 Å². The van der Waals surface area contributed by atoms with Gasteiger partial charge in [0.05, 0.1) is 0 Å². The SMILES string of the molecule is CCCCC/C=C/C=C/C=C/C=C/CCCCCCCC(=O)OCC(COC(=O)CC/C=C/C/C=C/CCCCCCCC)OC(=O)CCCCCCCCCCCCCCCCC. The second-order valence-corrected chi connectivity index (χ2v) is 17.9. The molecule has 1 atom stereocenters. The molecule has 64 heavy (non-hydrogen) atoms. The van der Waals surface area contributed by atoms with Gasteiger partial charge in [0.2, 0.25) is 0 Å². The summed E-state index contributed by atoms with van der Waals surface area (Å²) in [5.41, 5.74) is 0. The average molecular weight is 893 g/mol. The molecule has 0 aliphatic rings. The largest absolute Gasteiger partial charge is 0.462 e. The van der Waals surface area contributed by atoms with E-state index in [1.165, 1.54) is 135 Å². The number of carbonyl (C=O) groups is 3. The maximum atomic E-state index is 12.8. The number of ether oxygens (including phenoxy) is 3. The van der Waals surface area contributed by atoms with Gasteiger partial charge in [-0.05, 0) is 64.2 Å². The van der Waals surface area contributed by atoms with E-state index in [-0.39, 0.29) is 37.5 Å². The van der Waals surface area contributed by atoms with E-state index < -0.39 is 6.10 Å². The monoisotopic (exact) mass is 893 g/mol. The van der Waals surface area contributed by atoms with Crippen molar-refractivity contribution in [2.24, 2.45) is 0 Å². The highest BCUT2D eigenvalue weighted by Gasteiger charge is 2.19. The molecular weight excluding hydrogens is 793 g/mol. The van der Waals surface area contributed by atoms with E-state index in [1.807, 2.05) is 6.08 Å². The lowest BCUT2D eigenvalue weighted by Crippen LogP contribution is -2.30. The Morgan fingerprint density at radius 2 is 0.656 bits per heavy atom. The van der Waals surface area contributed by atoms with Crippen LogP contribution in [-0.4, -0.2) is 37.2 Å². The van der Waals surface area contributed by atoms with Crippen molar-refractivity contribution in [2.75, 3.05) is 13.2 Å². The number of hydrogen-bond acceptors (Lipinski definition) is 6. The van der Waals surface area contributed by atoms with Crippen LogP contribution in [0.3, 0.4) is 0 Å². The molecule has 0 bridgehead atoms. The van der Waals surface area contributed by atoms with Crippen molar-refractivity contribution in [1.82, 2.24) is 0 Å². The summed E-state index contributed by atoms with van der Waals surface area (Å²) < 4.78 is 16.7. The predicted molar refractivity (Wildman–Crippen MR) is 274 cm³/mol. The van der Waals surface area contributed by atoms with Crippen LogP contribution in [0.25, 0.3) is 0 Å². The Labute approximate surface area is 395 Å². The highest BCUT2D eigenvalue weighted by atomic mass is 16.6. The van der Waals surface area contributed by atoms with Crippen molar-refractivity contribution in [3.05, 3.63) is 72.9 Å². The van der Waals surface area contributed by atoms with Crippen molar-refractivity contribution in [3.8, 4) is 0 Å². The standard InChI is InChI=1S/C58H100O6/c1-4-7-10-13-16-19-22-25-27-28-29-31-33-36-39-42-45-48-51-57(60)63-54-55(53-62-56(59)50-47-44-41-38-35-32-24-21-18-15-12-9-6-3)64-58(61)52-49-46-43-40-37-34-30-26-23-20-17-14-11-8-5-2/h16,19,22,25,27-29,31-32,35,41,44,55H,4-15,17-18,20-21,23-24,26,30,33-34,36-40,42-43,45-54H2,1-3H3/b19-16+,25-22+,28-27+,31-29+,35-32+,44-41+. The summed E-state index contributed by atoms with van der Waals surface area (Å²) in [6.45, 7) is 6.53. The summed E-state index contributed by atoms with van der Waals surface area (Å²) in [7, 11) is 0. The lowest BCUT2D eigenvalue weighted by molar-refractivity contribution is -0.166. The minimum absolute atomic E-state index is 0.103. The molecule has 0 rings (SSSR count). The van der Waals surface area contributed by atoms with Crippen LogP contribution in [0.1, 0.15) is 258 Å². The van der Waals surface area contributed by atoms with Crippen LogP contribution in [-0.2, 0) is 28.6 Å². The number of esters is 3. The van der Waals surface area contributed by atoms with Crippen molar-refractivity contribution in [3.63, 3.8) is 0 Å². The maximum absolute atomic E-state index is 12.8. The van der Waals surface area contributed by atoms with E-state index >= 15 is 0 Å². The van der Waals surface area contributed by atoms with Gasteiger partial charge in [-0.25, -0.2) is 0 Å². The van der Waals surface area contributed by atoms with E-state index in [0.29, 0.717) is 19.3 Å². The Morgan fingerprint density at radius 3 is 1.12 bits per heavy atom. The van der Waals surface area contributed by atoms with Crippen LogP contribution >= 0.6 is 0 Å². The molecule has 1 unspecified atom stereocenters. The first kappa shape index (κ1) is 60.9. The van der Waals surface area contributed by atoms with Gasteiger partial charge in [-0.15, -0.1) is 0 Å². The lowest BCUT2D eigenvalue weighted by atomic mass is 10.0. The third-order valence-corrected chi connectivity index (χ3v) is 11.5. The van der Waals surface area contributed by atoms with Crippen molar-refractivity contribution >= 4 is 17.9 Å². The fraction of sp³-hybridized carbons (Fsp3) is 0.741. The topological polar surface area (TPSA) is 78.9 Å². The molecule has 0 aliphatic heterocycles. The third-order valence-electron chi connectivity index (χ3n) is 11.5. The molecule has 0 aromatic carbocycles. The Hall–Kier alpha value is -3.15. The molecule has 6 nitrogen and oxygen atoms in total. The molecule has 0 aromatic heterocycles. The quantitative estimate of drug-likeness (QED) is 0.0199. The third kappa shape index (κ3) is 49.9. The molecule has 0 aromatic rings. The van der Waals surface area contributed by atoms with Crippen LogP contribution < -0.4 is 0 Å². The van der Waals surface area contributed by atoms with Gasteiger partial charge in [-0.3, -0.25) is 14.4 Å². The smallest absolute Gasteiger partial charge is 0.306 e. The minimum atomic E-state index is -0.805. The van der Waals surface area contributed by atoms with Crippen LogP contribution in [0.5, 0.6) is 0 Å². The minimum Gasteiger partial charge on any atom is -0.462 e. The van der Waals surface area contributed by atoms with E-state index in [4.69, 9.17) is 14.2 Å². The number of hydrogen-bond donors (Lipinski definition) is 0. The number of carbonyl (C=O) groups excluding carboxylic acids is 3. The van der Waals surface area contributed by atoms with Crippen LogP contribution in [0.4, 0.5) is 0 Å². The fourth-order valence-corrected chi connectivity index (χ4v) is 7.45. The first-order chi connectivity index (χ1) is 31.5. The molecule has 0 N–H and O–H groups in total. The Kier molecular flexibility index (Phi) is 49.9. The van der Waals surface area contributed by atoms with E-state index in [9.17, 15) is 14.4 Å². The van der Waals surface area contributed by atoms with Gasteiger partial charge in [0.1, 0.15) is 13.2 Å². The van der Waals surface area contributed by atoms with Crippen LogP contribution in [0, 0.1) is 0 Å². The molecule has 0 saturated carbocycles. The zero-order valence-corrected chi connectivity index (χ0v) is 42.0. The Morgan fingerprint density at radius 1 is 0.328 bits per heavy atom. The normalized spacial score (nSPS) is 12.6. The van der Waals surface area contributed by atoms with E-state index in [1.54, 1.807) is 0 Å². The van der Waals surface area contributed by atoms with E-state index in [2.05, 4.69) is 87.6 Å². The summed E-state index contributed by atoms with van der Waals surface area (Å²) in [4.78, 5) is 38.0. The molecule has 0 fully saturated rings. The second kappa shape index (κ2) is 52.5. The summed E-state index contributed by atoms with van der Waals surface area (Å²) in [5.74, 6) is -0.988. The first-order valence-corrected chi connectivity index (χ1v) is 27.0. The van der Waals surface area contributed by atoms with Crippen molar-refractivity contribution < 1.29 is 28.6 Å². The average Bonchev–Trinajstić information content (AvgIpc) is 3.29. The highest BCUT2D eigenvalue weighted by Crippen LogP contribution is 2.15. The van der Waals surface area contributed by atoms with Crippen LogP contribution in [0.15, 0.2) is 72.9 Å². The fourth-order valence-electron chi connectivity index (χ4n) is 7.45. The highest BCUT2D eigenvalue weighted by molar-refractivity contribution is 5.71. The lowest BCUT2D eigenvalue weighted by Gasteiger charge is -2.18. The zero-order chi connectivity index (χ0) is 46.5. The van der Waals surface area contributed by atoms with Gasteiger partial charge < -0.3 is 14.2 Å². The summed E-state index contributed by atoms with van der Waals surface area (Å²) >= 11 is 0. The molecule has 0 saturated heterocycles. The van der Waals surface area contributed by atoms with Crippen LogP contribution in [0.2, 0.25) is 0 Å². The molecule has 0 aliphatic carbocycles. The van der Waals surface area contributed by atoms with Crippen molar-refractivity contribution in [2.45, 2.75) is 264 Å². The molecule has 0 amide bonds. The van der Waals surface area contributed by atoms with Gasteiger partial charge in [-0.2, -0.15) is 0 Å². The molecular formula is C58H100O6. The van der Waals surface area contributed by atoms with Gasteiger partial charge in [0.25, 0.3) is 0 Å². The summed E-state index contributed by atoms with van der Waals surface area (Å²) in [5, 5.41) is 0. The summed E-state index contributed by atoms with van der Waals surface area (Å²) in [6.07, 6.45) is 66.1. The molecule has 0 radical (unpaired) electrons. The number of allylic oxidation sites excluding steroid dienone is 12.